The van der Waals surface area contributed by atoms with Crippen LogP contribution in [0.15, 0.2) is 97.1 Å². The van der Waals surface area contributed by atoms with E-state index in [2.05, 4.69) is 213 Å². The summed E-state index contributed by atoms with van der Waals surface area (Å²) in [4.78, 5) is 5.12. The van der Waals surface area contributed by atoms with Crippen molar-refractivity contribution in [3.05, 3.63) is 142 Å². The van der Waals surface area contributed by atoms with Crippen LogP contribution >= 0.6 is 0 Å². The van der Waals surface area contributed by atoms with E-state index in [4.69, 9.17) is 9.47 Å². The van der Waals surface area contributed by atoms with E-state index in [1.165, 1.54) is 99.5 Å². The zero-order valence-corrected chi connectivity index (χ0v) is 42.2. The minimum absolute atomic E-state index is 0.00641. The fourth-order valence-corrected chi connectivity index (χ4v) is 12.2. The second-order valence-corrected chi connectivity index (χ2v) is 23.2. The maximum Gasteiger partial charge on any atom is 0.424 e. The van der Waals surface area contributed by atoms with Crippen LogP contribution in [0.4, 0.5) is 22.7 Å². The summed E-state index contributed by atoms with van der Waals surface area (Å²) in [5, 5.41) is 5.28. The van der Waals surface area contributed by atoms with Gasteiger partial charge in [-0.15, -0.1) is 0 Å². The first-order chi connectivity index (χ1) is 32.3. The zero-order chi connectivity index (χ0) is 47.4. The highest BCUT2D eigenvalue weighted by Gasteiger charge is 2.50. The summed E-state index contributed by atoms with van der Waals surface area (Å²) in [5.74, 6) is 4.11. The molecule has 4 aliphatic rings. The summed E-state index contributed by atoms with van der Waals surface area (Å²) in [6.45, 7) is 31.6. The Morgan fingerprint density at radius 1 is 0.441 bits per heavy atom. The van der Waals surface area contributed by atoms with E-state index in [1.54, 1.807) is 0 Å². The molecular formula is C60H60B2N4O2. The lowest BCUT2D eigenvalue weighted by molar-refractivity contribution is 0.478. The third kappa shape index (κ3) is 5.43. The lowest BCUT2D eigenvalue weighted by Gasteiger charge is -2.27. The summed E-state index contributed by atoms with van der Waals surface area (Å²) in [5.41, 5.74) is 22.1. The lowest BCUT2D eigenvalue weighted by atomic mass is 9.61. The lowest BCUT2D eigenvalue weighted by Crippen LogP contribution is -2.51. The predicted octanol–water partition coefficient (Wildman–Crippen LogP) is 15.0. The van der Waals surface area contributed by atoms with Gasteiger partial charge in [-0.1, -0.05) is 93.5 Å². The van der Waals surface area contributed by atoms with Gasteiger partial charge in [-0.05, 0) is 168 Å². The first-order valence-electron chi connectivity index (χ1n) is 24.9. The Morgan fingerprint density at radius 2 is 0.838 bits per heavy atom. The molecular weight excluding hydrogens is 830 g/mol. The van der Waals surface area contributed by atoms with Gasteiger partial charge >= 0.3 is 14.0 Å². The second kappa shape index (κ2) is 13.6. The number of hydrogen-bond donors (Lipinski definition) is 0. The molecule has 338 valence electrons. The fourth-order valence-electron chi connectivity index (χ4n) is 12.2. The number of aryl methyl sites for hydroxylation is 4. The zero-order valence-electron chi connectivity index (χ0n) is 42.2. The number of fused-ring (bicyclic) bond motifs is 20. The summed E-state index contributed by atoms with van der Waals surface area (Å²) >= 11 is 0. The highest BCUT2D eigenvalue weighted by atomic mass is 16.5. The monoisotopic (exact) mass is 890 g/mol. The molecule has 0 fully saturated rings. The van der Waals surface area contributed by atoms with Crippen LogP contribution in [0, 0.1) is 27.7 Å². The van der Waals surface area contributed by atoms with Crippen LogP contribution in [0.5, 0.6) is 23.0 Å². The SMILES string of the molecule is Cc1cc2c3c(c1C)c1cc(C(C)(C)C)ccc1n3B1c3cc4c(cc3Oc3cc(C(C)C)ccc3N12)B1N(c2ccc(C(C)C)cc2O4)c2cc(C)c(C)c3c4cc(C(C)(C)C)ccc4n1c23. The number of benzene rings is 7. The fraction of sp³-hybridized carbons (Fsp3) is 0.300. The number of rotatable bonds is 2. The molecule has 0 amide bonds. The van der Waals surface area contributed by atoms with E-state index in [0.29, 0.717) is 11.8 Å². The first kappa shape index (κ1) is 41.6. The predicted molar refractivity (Wildman–Crippen MR) is 289 cm³/mol. The first-order valence-corrected chi connectivity index (χ1v) is 24.9. The average molecular weight is 891 g/mol. The Morgan fingerprint density at radius 3 is 1.21 bits per heavy atom. The molecule has 0 aliphatic carbocycles. The van der Waals surface area contributed by atoms with Crippen LogP contribution in [0.2, 0.25) is 0 Å². The van der Waals surface area contributed by atoms with Crippen LogP contribution in [0.1, 0.15) is 126 Å². The molecule has 0 unspecified atom stereocenters. The van der Waals surface area contributed by atoms with E-state index in [9.17, 15) is 0 Å². The number of ether oxygens (including phenoxy) is 2. The molecule has 2 aromatic heterocycles. The van der Waals surface area contributed by atoms with E-state index < -0.39 is 0 Å². The molecule has 4 aliphatic heterocycles. The molecule has 13 rings (SSSR count). The van der Waals surface area contributed by atoms with Gasteiger partial charge in [0.15, 0.2) is 0 Å². The van der Waals surface area contributed by atoms with Gasteiger partial charge in [0, 0.05) is 43.5 Å². The quantitative estimate of drug-likeness (QED) is 0.162. The third-order valence-electron chi connectivity index (χ3n) is 16.3. The number of hydrogen-bond acceptors (Lipinski definition) is 4. The summed E-state index contributed by atoms with van der Waals surface area (Å²) < 4.78 is 20.2. The molecule has 0 atom stereocenters. The molecule has 0 bridgehead atoms. The van der Waals surface area contributed by atoms with Crippen molar-refractivity contribution in [2.24, 2.45) is 0 Å². The van der Waals surface area contributed by atoms with Crippen LogP contribution < -0.4 is 30.0 Å². The summed E-state index contributed by atoms with van der Waals surface area (Å²) in [7, 11) is 0. The van der Waals surface area contributed by atoms with E-state index in [1.807, 2.05) is 0 Å². The minimum Gasteiger partial charge on any atom is -0.456 e. The van der Waals surface area contributed by atoms with Crippen LogP contribution in [-0.4, -0.2) is 22.9 Å². The molecule has 9 aromatic rings. The van der Waals surface area contributed by atoms with E-state index >= 15 is 0 Å². The topological polar surface area (TPSA) is 34.8 Å². The van der Waals surface area contributed by atoms with Crippen molar-refractivity contribution < 1.29 is 9.47 Å². The van der Waals surface area contributed by atoms with Gasteiger partial charge in [0.1, 0.15) is 23.0 Å². The van der Waals surface area contributed by atoms with Crippen LogP contribution in [0.25, 0.3) is 43.6 Å². The van der Waals surface area contributed by atoms with E-state index in [0.717, 1.165) is 45.3 Å². The Balaban J connectivity index is 1.14. The molecule has 0 saturated heterocycles. The van der Waals surface area contributed by atoms with Crippen molar-refractivity contribution >= 4 is 91.3 Å². The minimum atomic E-state index is -0.247. The Hall–Kier alpha value is -6.53. The maximum absolute atomic E-state index is 7.50. The standard InChI is InChI=1S/C60H60B2N4O2/c1-31(2)37-15-19-47-53(25-37)67-51-29-44-52(30-43(51)61-63(47)49-23-33(5)35(7)55-41-27-39(59(9,10)11)17-21-45(41)65(61)57(49)55)68-54-26-38(32(3)4)16-20-48(54)64-50-24-34(6)36(8)56-42-28-40(60(12,13)14)18-22-46(42)66(58(50)56)62(44)64/h15-32H,1-14H3. The smallest absolute Gasteiger partial charge is 0.424 e. The van der Waals surface area contributed by atoms with E-state index in [-0.39, 0.29) is 24.8 Å². The normalized spacial score (nSPS) is 14.7. The maximum atomic E-state index is 7.50. The van der Waals surface area contributed by atoms with Gasteiger partial charge in [0.05, 0.1) is 33.8 Å². The summed E-state index contributed by atoms with van der Waals surface area (Å²) in [6.07, 6.45) is 0. The molecule has 6 heterocycles. The van der Waals surface area contributed by atoms with Gasteiger partial charge in [-0.3, -0.25) is 0 Å². The molecule has 8 heteroatoms. The second-order valence-electron chi connectivity index (χ2n) is 23.2. The van der Waals surface area contributed by atoms with Gasteiger partial charge in [-0.25, -0.2) is 0 Å². The number of nitrogens with zero attached hydrogens (tertiary/aromatic N) is 4. The van der Waals surface area contributed by atoms with Crippen molar-refractivity contribution in [2.75, 3.05) is 9.62 Å². The Labute approximate surface area is 401 Å². The molecule has 0 saturated carbocycles. The van der Waals surface area contributed by atoms with Crippen molar-refractivity contribution in [3.8, 4) is 23.0 Å². The molecule has 7 aromatic carbocycles. The van der Waals surface area contributed by atoms with Crippen LogP contribution in [-0.2, 0) is 10.8 Å². The van der Waals surface area contributed by atoms with Crippen molar-refractivity contribution in [3.63, 3.8) is 0 Å². The highest BCUT2D eigenvalue weighted by Crippen LogP contribution is 2.54. The number of aromatic nitrogens is 2. The Bertz CT molecular complexity index is 3500. The highest BCUT2D eigenvalue weighted by molar-refractivity contribution is 6.83. The summed E-state index contributed by atoms with van der Waals surface area (Å²) in [6, 6.07) is 37.7. The average Bonchev–Trinajstić information content (AvgIpc) is 3.95. The largest absolute Gasteiger partial charge is 0.456 e. The van der Waals surface area contributed by atoms with Crippen molar-refractivity contribution in [1.82, 2.24) is 8.96 Å². The van der Waals surface area contributed by atoms with Gasteiger partial charge in [-0.2, -0.15) is 0 Å². The van der Waals surface area contributed by atoms with Gasteiger partial charge < -0.3 is 28.1 Å². The third-order valence-corrected chi connectivity index (χ3v) is 16.3. The molecule has 68 heavy (non-hydrogen) atoms. The van der Waals surface area contributed by atoms with Gasteiger partial charge in [0.25, 0.3) is 0 Å². The molecule has 0 radical (unpaired) electrons. The van der Waals surface area contributed by atoms with Crippen LogP contribution in [0.3, 0.4) is 0 Å². The van der Waals surface area contributed by atoms with Crippen molar-refractivity contribution in [1.29, 1.82) is 0 Å². The molecule has 0 N–H and O–H groups in total. The number of anilines is 4. The van der Waals surface area contributed by atoms with Crippen molar-refractivity contribution in [2.45, 2.75) is 120 Å². The Kier molecular flexibility index (Phi) is 8.32. The van der Waals surface area contributed by atoms with Gasteiger partial charge in [0.2, 0.25) is 0 Å². The molecule has 0 spiro atoms. The molecule has 6 nitrogen and oxygen atoms in total.